The zero-order valence-electron chi connectivity index (χ0n) is 15.1. The molecule has 0 fully saturated rings. The zero-order chi connectivity index (χ0) is 19.5. The third kappa shape index (κ3) is 3.77. The Kier molecular flexibility index (Phi) is 5.12. The molecule has 0 aliphatic rings. The van der Waals surface area contributed by atoms with Crippen molar-refractivity contribution in [2.24, 2.45) is 0 Å². The fraction of sp³-hybridized carbons (Fsp3) is 0.150. The summed E-state index contributed by atoms with van der Waals surface area (Å²) >= 11 is 1.25. The van der Waals surface area contributed by atoms with Crippen molar-refractivity contribution in [3.05, 3.63) is 71.7 Å². The first kappa shape index (κ1) is 18.2. The van der Waals surface area contributed by atoms with Gasteiger partial charge in [0.05, 0.1) is 18.3 Å². The second-order valence-corrected chi connectivity index (χ2v) is 7.19. The van der Waals surface area contributed by atoms with Gasteiger partial charge in [-0.05, 0) is 41.9 Å². The number of H-pyrrole nitrogens is 1. The number of hydrogen-bond donors (Lipinski definition) is 2. The van der Waals surface area contributed by atoms with Crippen molar-refractivity contribution in [1.29, 1.82) is 5.41 Å². The van der Waals surface area contributed by atoms with Gasteiger partial charge in [0, 0.05) is 6.54 Å². The highest BCUT2D eigenvalue weighted by Crippen LogP contribution is 2.34. The largest absolute Gasteiger partial charge is 0.496 e. The van der Waals surface area contributed by atoms with Crippen molar-refractivity contribution in [2.45, 2.75) is 23.0 Å². The molecule has 0 aliphatic carbocycles. The van der Waals surface area contributed by atoms with Crippen LogP contribution in [0.5, 0.6) is 5.75 Å². The van der Waals surface area contributed by atoms with Crippen LogP contribution in [0.25, 0.3) is 11.2 Å². The molecule has 28 heavy (non-hydrogen) atoms. The lowest BCUT2D eigenvalue weighted by Gasteiger charge is -2.07. The van der Waals surface area contributed by atoms with Gasteiger partial charge in [0.25, 0.3) is 0 Å². The third-order valence-corrected chi connectivity index (χ3v) is 5.24. The first-order valence-electron chi connectivity index (χ1n) is 8.69. The summed E-state index contributed by atoms with van der Waals surface area (Å²) in [5.74, 6) is 0.216. The average molecular weight is 395 g/mol. The predicted octanol–water partition coefficient (Wildman–Crippen LogP) is 3.78. The van der Waals surface area contributed by atoms with Gasteiger partial charge < -0.3 is 14.3 Å². The van der Waals surface area contributed by atoms with E-state index in [4.69, 9.17) is 10.1 Å². The Labute approximate surface area is 164 Å². The number of methoxy groups -OCH3 is 1. The van der Waals surface area contributed by atoms with Gasteiger partial charge in [0.1, 0.15) is 17.1 Å². The molecule has 0 saturated heterocycles. The maximum Gasteiger partial charge on any atom is 0.173 e. The van der Waals surface area contributed by atoms with Crippen LogP contribution in [0.2, 0.25) is 0 Å². The number of nitrogens with one attached hydrogen (secondary N) is 2. The van der Waals surface area contributed by atoms with Gasteiger partial charge in [-0.2, -0.15) is 0 Å². The van der Waals surface area contributed by atoms with E-state index in [1.165, 1.54) is 29.5 Å². The SMILES string of the molecule is COc1ccc(F)cc1Sc1nc2c([nH]1)c(=N)ncn2CCc1ccccc1. The molecule has 0 spiro atoms. The number of ether oxygens (including phenoxy) is 1. The molecule has 8 heteroatoms. The number of rotatable bonds is 6. The van der Waals surface area contributed by atoms with Crippen molar-refractivity contribution >= 4 is 22.9 Å². The summed E-state index contributed by atoms with van der Waals surface area (Å²) in [5.41, 5.74) is 2.53. The first-order chi connectivity index (χ1) is 13.6. The Morgan fingerprint density at radius 2 is 2.04 bits per heavy atom. The molecule has 0 amide bonds. The number of imidazole rings is 1. The number of fused-ring (bicyclic) bond motifs is 1. The molecule has 2 aromatic carbocycles. The van der Waals surface area contributed by atoms with Crippen molar-refractivity contribution in [3.8, 4) is 5.75 Å². The van der Waals surface area contributed by atoms with E-state index in [9.17, 15) is 4.39 Å². The molecule has 2 N–H and O–H groups in total. The molecule has 0 saturated carbocycles. The Morgan fingerprint density at radius 1 is 1.21 bits per heavy atom. The Bertz CT molecular complexity index is 1170. The van der Waals surface area contributed by atoms with Crippen LogP contribution < -0.4 is 10.2 Å². The number of benzene rings is 2. The number of aryl methyl sites for hydroxylation is 2. The minimum absolute atomic E-state index is 0.122. The molecule has 2 heterocycles. The summed E-state index contributed by atoms with van der Waals surface area (Å²) in [6.07, 6.45) is 2.46. The summed E-state index contributed by atoms with van der Waals surface area (Å²) in [6.45, 7) is 0.687. The summed E-state index contributed by atoms with van der Waals surface area (Å²) < 4.78 is 20.9. The predicted molar refractivity (Wildman–Crippen MR) is 105 cm³/mol. The Morgan fingerprint density at radius 3 is 2.82 bits per heavy atom. The van der Waals surface area contributed by atoms with E-state index in [-0.39, 0.29) is 11.3 Å². The molecule has 0 radical (unpaired) electrons. The summed E-state index contributed by atoms with van der Waals surface area (Å²) in [7, 11) is 1.54. The minimum atomic E-state index is -0.347. The van der Waals surface area contributed by atoms with Crippen LogP contribution >= 0.6 is 11.8 Å². The van der Waals surface area contributed by atoms with Gasteiger partial charge in [0.2, 0.25) is 0 Å². The number of hydrogen-bond acceptors (Lipinski definition) is 5. The normalized spacial score (nSPS) is 11.1. The molecule has 6 nitrogen and oxygen atoms in total. The van der Waals surface area contributed by atoms with Crippen molar-refractivity contribution in [2.75, 3.05) is 7.11 Å². The number of nitrogens with zero attached hydrogens (tertiary/aromatic N) is 3. The molecule has 0 bridgehead atoms. The van der Waals surface area contributed by atoms with Crippen LogP contribution in [0, 0.1) is 11.2 Å². The molecule has 0 aliphatic heterocycles. The maximum absolute atomic E-state index is 13.6. The molecule has 4 aromatic rings. The smallest absolute Gasteiger partial charge is 0.173 e. The molecule has 0 unspecified atom stereocenters. The van der Waals surface area contributed by atoms with Gasteiger partial charge in [-0.25, -0.2) is 14.4 Å². The maximum atomic E-state index is 13.6. The van der Waals surface area contributed by atoms with Gasteiger partial charge in [-0.15, -0.1) is 0 Å². The van der Waals surface area contributed by atoms with E-state index >= 15 is 0 Å². The van der Waals surface area contributed by atoms with Gasteiger partial charge >= 0.3 is 0 Å². The van der Waals surface area contributed by atoms with E-state index in [0.29, 0.717) is 33.5 Å². The monoisotopic (exact) mass is 395 g/mol. The number of aromatic amines is 1. The van der Waals surface area contributed by atoms with Gasteiger partial charge in [-0.1, -0.05) is 30.3 Å². The minimum Gasteiger partial charge on any atom is -0.496 e. The molecular formula is C20H18FN5OS. The fourth-order valence-corrected chi connectivity index (χ4v) is 3.82. The first-order valence-corrected chi connectivity index (χ1v) is 9.51. The van der Waals surface area contributed by atoms with Gasteiger partial charge in [-0.3, -0.25) is 5.41 Å². The highest BCUT2D eigenvalue weighted by Gasteiger charge is 2.13. The molecule has 4 rings (SSSR count). The van der Waals surface area contributed by atoms with E-state index in [1.54, 1.807) is 19.5 Å². The van der Waals surface area contributed by atoms with Crippen molar-refractivity contribution in [3.63, 3.8) is 0 Å². The summed E-state index contributed by atoms with van der Waals surface area (Å²) in [6, 6.07) is 14.5. The Balaban J connectivity index is 1.66. The van der Waals surface area contributed by atoms with Crippen molar-refractivity contribution < 1.29 is 9.13 Å². The lowest BCUT2D eigenvalue weighted by molar-refractivity contribution is 0.403. The van der Waals surface area contributed by atoms with Crippen LogP contribution in [0.3, 0.4) is 0 Å². The molecule has 0 atom stereocenters. The standard InChI is InChI=1S/C20H18FN5OS/c1-27-15-8-7-14(21)11-16(15)28-20-24-17-18(22)23-12-26(19(17)25-20)10-9-13-5-3-2-4-6-13/h2-8,11-12,22H,9-10H2,1H3,(H,24,25). The molecule has 2 aromatic heterocycles. The fourth-order valence-electron chi connectivity index (χ4n) is 2.90. The topological polar surface area (TPSA) is 79.6 Å². The lowest BCUT2D eigenvalue weighted by Crippen LogP contribution is -2.13. The second kappa shape index (κ2) is 7.85. The zero-order valence-corrected chi connectivity index (χ0v) is 16.0. The average Bonchev–Trinajstić information content (AvgIpc) is 3.13. The molecule has 142 valence electrons. The second-order valence-electron chi connectivity index (χ2n) is 6.16. The highest BCUT2D eigenvalue weighted by molar-refractivity contribution is 7.99. The lowest BCUT2D eigenvalue weighted by atomic mass is 10.1. The number of aromatic nitrogens is 4. The van der Waals surface area contributed by atoms with E-state index in [0.717, 1.165) is 6.42 Å². The van der Waals surface area contributed by atoms with E-state index in [2.05, 4.69) is 27.1 Å². The van der Waals surface area contributed by atoms with Crippen LogP contribution in [-0.2, 0) is 13.0 Å². The summed E-state index contributed by atoms with van der Waals surface area (Å²) in [5, 5.41) is 8.62. The van der Waals surface area contributed by atoms with Crippen LogP contribution in [0.4, 0.5) is 4.39 Å². The summed E-state index contributed by atoms with van der Waals surface area (Å²) in [4.78, 5) is 12.5. The van der Waals surface area contributed by atoms with E-state index in [1.807, 2.05) is 22.8 Å². The van der Waals surface area contributed by atoms with Crippen molar-refractivity contribution in [1.82, 2.24) is 19.5 Å². The van der Waals surface area contributed by atoms with Gasteiger partial charge in [0.15, 0.2) is 16.3 Å². The van der Waals surface area contributed by atoms with Crippen LogP contribution in [0.1, 0.15) is 5.56 Å². The molecular weight excluding hydrogens is 377 g/mol. The number of halogens is 1. The van der Waals surface area contributed by atoms with Crippen LogP contribution in [-0.4, -0.2) is 26.6 Å². The van der Waals surface area contributed by atoms with Crippen LogP contribution in [0.15, 0.2) is 64.9 Å². The third-order valence-electron chi connectivity index (χ3n) is 4.31. The highest BCUT2D eigenvalue weighted by atomic mass is 32.2. The Hall–Kier alpha value is -3.13. The quantitative estimate of drug-likeness (QED) is 0.521. The van der Waals surface area contributed by atoms with E-state index < -0.39 is 0 Å².